The predicted octanol–water partition coefficient (Wildman–Crippen LogP) is 2.66. The molecule has 0 amide bonds. The van der Waals surface area contributed by atoms with E-state index in [4.69, 9.17) is 0 Å². The van der Waals surface area contributed by atoms with Crippen LogP contribution in [0.15, 0.2) is 64.5 Å². The molecule has 1 heterocycles. The molecule has 2 N–H and O–H groups in total. The summed E-state index contributed by atoms with van der Waals surface area (Å²) in [6, 6.07) is 17.5. The number of nitrogens with zero attached hydrogens (tertiary/aromatic N) is 3. The van der Waals surface area contributed by atoms with Gasteiger partial charge in [-0.05, 0) is 44.5 Å². The van der Waals surface area contributed by atoms with Crippen LogP contribution in [-0.4, -0.2) is 58.0 Å². The third-order valence-electron chi connectivity index (χ3n) is 5.05. The molecule has 8 heteroatoms. The van der Waals surface area contributed by atoms with Crippen LogP contribution in [0.3, 0.4) is 0 Å². The zero-order valence-electron chi connectivity index (χ0n) is 18.8. The summed E-state index contributed by atoms with van der Waals surface area (Å²) in [4.78, 5) is 9.29. The van der Waals surface area contributed by atoms with Crippen LogP contribution in [0.5, 0.6) is 0 Å². The van der Waals surface area contributed by atoms with Crippen molar-refractivity contribution in [3.05, 3.63) is 60.2 Å². The molecule has 7 nitrogen and oxygen atoms in total. The van der Waals surface area contributed by atoms with Crippen LogP contribution in [0.25, 0.3) is 0 Å². The molecule has 0 aromatic heterocycles. The minimum atomic E-state index is -3.62. The van der Waals surface area contributed by atoms with E-state index in [1.807, 2.05) is 39.0 Å². The van der Waals surface area contributed by atoms with Gasteiger partial charge in [-0.2, -0.15) is 0 Å². The fourth-order valence-corrected chi connectivity index (χ4v) is 5.35. The van der Waals surface area contributed by atoms with Crippen molar-refractivity contribution in [3.8, 4) is 0 Å². The standard InChI is InChI=1S/C23H33N5O2S/c1-23(2,3)26-31(29,30)21-13-9-8-10-19(21)18-25-22(24-4)28-16-14-27(15-17-28)20-11-6-5-7-12-20/h5-13,26H,14-18H2,1-4H3,(H,24,25). The highest BCUT2D eigenvalue weighted by Gasteiger charge is 2.25. The van der Waals surface area contributed by atoms with Crippen molar-refractivity contribution in [2.45, 2.75) is 37.8 Å². The lowest BCUT2D eigenvalue weighted by Crippen LogP contribution is -2.52. The number of nitrogens with one attached hydrogen (secondary N) is 2. The van der Waals surface area contributed by atoms with E-state index in [1.165, 1.54) is 5.69 Å². The lowest BCUT2D eigenvalue weighted by Gasteiger charge is -2.37. The number of rotatable bonds is 5. The maximum atomic E-state index is 12.9. The van der Waals surface area contributed by atoms with Gasteiger partial charge in [-0.3, -0.25) is 4.99 Å². The third-order valence-corrected chi connectivity index (χ3v) is 6.91. The number of sulfonamides is 1. The first-order valence-electron chi connectivity index (χ1n) is 10.6. The first kappa shape index (κ1) is 23.1. The Morgan fingerprint density at radius 3 is 2.19 bits per heavy atom. The van der Waals surface area contributed by atoms with E-state index >= 15 is 0 Å². The smallest absolute Gasteiger partial charge is 0.241 e. The molecule has 1 fully saturated rings. The Labute approximate surface area is 186 Å². The van der Waals surface area contributed by atoms with Gasteiger partial charge in [-0.1, -0.05) is 36.4 Å². The number of guanidine groups is 1. The Bertz CT molecular complexity index is 992. The molecule has 0 saturated carbocycles. The average Bonchev–Trinajstić information content (AvgIpc) is 2.74. The van der Waals surface area contributed by atoms with E-state index in [1.54, 1.807) is 19.2 Å². The molecule has 168 valence electrons. The number of hydrogen-bond acceptors (Lipinski definition) is 4. The maximum Gasteiger partial charge on any atom is 0.241 e. The lowest BCUT2D eigenvalue weighted by atomic mass is 10.1. The number of piperazine rings is 1. The van der Waals surface area contributed by atoms with Crippen LogP contribution < -0.4 is 14.9 Å². The highest BCUT2D eigenvalue weighted by Crippen LogP contribution is 2.19. The molecule has 1 aliphatic rings. The van der Waals surface area contributed by atoms with Gasteiger partial charge < -0.3 is 15.1 Å². The SMILES string of the molecule is CN=C(NCc1ccccc1S(=O)(=O)NC(C)(C)C)N1CCN(c2ccccc2)CC1. The molecule has 1 aliphatic heterocycles. The minimum absolute atomic E-state index is 0.293. The van der Waals surface area contributed by atoms with Crippen molar-refractivity contribution < 1.29 is 8.42 Å². The first-order chi connectivity index (χ1) is 14.7. The molecule has 0 atom stereocenters. The monoisotopic (exact) mass is 443 g/mol. The molecule has 3 rings (SSSR count). The van der Waals surface area contributed by atoms with Crippen LogP contribution in [-0.2, 0) is 16.6 Å². The second kappa shape index (κ2) is 9.70. The number of anilines is 1. The van der Waals surface area contributed by atoms with Crippen LogP contribution in [0.2, 0.25) is 0 Å². The van der Waals surface area contributed by atoms with Crippen molar-refractivity contribution in [1.82, 2.24) is 14.9 Å². The van der Waals surface area contributed by atoms with Crippen molar-refractivity contribution in [1.29, 1.82) is 0 Å². The van der Waals surface area contributed by atoms with Crippen LogP contribution in [0.1, 0.15) is 26.3 Å². The molecule has 0 aliphatic carbocycles. The predicted molar refractivity (Wildman–Crippen MR) is 127 cm³/mol. The molecular formula is C23H33N5O2S. The fraction of sp³-hybridized carbons (Fsp3) is 0.435. The number of aliphatic imine (C=N–C) groups is 1. The maximum absolute atomic E-state index is 12.9. The van der Waals surface area contributed by atoms with Crippen molar-refractivity contribution in [2.75, 3.05) is 38.1 Å². The Morgan fingerprint density at radius 1 is 0.968 bits per heavy atom. The van der Waals surface area contributed by atoms with Crippen LogP contribution >= 0.6 is 0 Å². The van der Waals surface area contributed by atoms with E-state index < -0.39 is 15.6 Å². The van der Waals surface area contributed by atoms with Crippen molar-refractivity contribution in [3.63, 3.8) is 0 Å². The zero-order chi connectivity index (χ0) is 22.5. The van der Waals surface area contributed by atoms with Gasteiger partial charge in [0.15, 0.2) is 5.96 Å². The summed E-state index contributed by atoms with van der Waals surface area (Å²) in [5.74, 6) is 0.781. The molecule has 0 radical (unpaired) electrons. The topological polar surface area (TPSA) is 77.0 Å². The molecule has 2 aromatic rings. The quantitative estimate of drug-likeness (QED) is 0.549. The largest absolute Gasteiger partial charge is 0.368 e. The van der Waals surface area contributed by atoms with Crippen molar-refractivity contribution in [2.24, 2.45) is 4.99 Å². The highest BCUT2D eigenvalue weighted by molar-refractivity contribution is 7.89. The second-order valence-electron chi connectivity index (χ2n) is 8.67. The van der Waals surface area contributed by atoms with E-state index in [9.17, 15) is 8.42 Å². The van der Waals surface area contributed by atoms with Gasteiger partial charge in [0, 0.05) is 51.0 Å². The number of para-hydroxylation sites is 1. The zero-order valence-corrected chi connectivity index (χ0v) is 19.6. The van der Waals surface area contributed by atoms with Gasteiger partial charge in [0.2, 0.25) is 10.0 Å². The van der Waals surface area contributed by atoms with E-state index in [0.29, 0.717) is 17.0 Å². The molecule has 0 spiro atoms. The molecule has 0 bridgehead atoms. The van der Waals surface area contributed by atoms with Gasteiger partial charge in [0.05, 0.1) is 4.90 Å². The summed E-state index contributed by atoms with van der Waals surface area (Å²) < 4.78 is 28.5. The Hall–Kier alpha value is -2.58. The number of benzene rings is 2. The first-order valence-corrected chi connectivity index (χ1v) is 12.1. The summed E-state index contributed by atoms with van der Waals surface area (Å²) in [5, 5.41) is 3.35. The Morgan fingerprint density at radius 2 is 1.58 bits per heavy atom. The fourth-order valence-electron chi connectivity index (χ4n) is 3.69. The molecular weight excluding hydrogens is 410 g/mol. The summed E-state index contributed by atoms with van der Waals surface area (Å²) >= 11 is 0. The lowest BCUT2D eigenvalue weighted by molar-refractivity contribution is 0.372. The Balaban J connectivity index is 1.65. The van der Waals surface area contributed by atoms with Crippen LogP contribution in [0, 0.1) is 0 Å². The average molecular weight is 444 g/mol. The van der Waals surface area contributed by atoms with Gasteiger partial charge in [0.1, 0.15) is 0 Å². The number of hydrogen-bond donors (Lipinski definition) is 2. The third kappa shape index (κ3) is 6.21. The summed E-state index contributed by atoms with van der Waals surface area (Å²) in [5.41, 5.74) is 1.40. The minimum Gasteiger partial charge on any atom is -0.368 e. The highest BCUT2D eigenvalue weighted by atomic mass is 32.2. The van der Waals surface area contributed by atoms with Gasteiger partial charge in [-0.15, -0.1) is 0 Å². The van der Waals surface area contributed by atoms with E-state index in [2.05, 4.69) is 49.1 Å². The van der Waals surface area contributed by atoms with Gasteiger partial charge in [-0.25, -0.2) is 13.1 Å². The van der Waals surface area contributed by atoms with Crippen LogP contribution in [0.4, 0.5) is 5.69 Å². The summed E-state index contributed by atoms with van der Waals surface area (Å²) in [6.07, 6.45) is 0. The second-order valence-corrected chi connectivity index (χ2v) is 10.3. The van der Waals surface area contributed by atoms with Gasteiger partial charge in [0.25, 0.3) is 0 Å². The van der Waals surface area contributed by atoms with Gasteiger partial charge >= 0.3 is 0 Å². The molecule has 31 heavy (non-hydrogen) atoms. The summed E-state index contributed by atoms with van der Waals surface area (Å²) in [7, 11) is -1.86. The van der Waals surface area contributed by atoms with Crippen molar-refractivity contribution >= 4 is 21.7 Å². The summed E-state index contributed by atoms with van der Waals surface area (Å²) in [6.45, 7) is 9.40. The molecule has 1 saturated heterocycles. The van der Waals surface area contributed by atoms with E-state index in [-0.39, 0.29) is 0 Å². The molecule has 0 unspecified atom stereocenters. The molecule has 2 aromatic carbocycles. The normalized spacial score (nSPS) is 15.8. The van der Waals surface area contributed by atoms with E-state index in [0.717, 1.165) is 32.1 Å². The Kier molecular flexibility index (Phi) is 7.23.